The number of β-amino-alcohol motifs (C(OH)–C–C–N with tert-alkyl or cyclic N) is 1. The lowest BCUT2D eigenvalue weighted by Gasteiger charge is -2.34. The number of thiazole rings is 1. The molecule has 470 valence electrons. The number of aliphatic hydroxyl groups excluding tert-OH is 2. The summed E-state index contributed by atoms with van der Waals surface area (Å²) < 4.78 is 40.5. The number of likely N-dealkylation sites (tertiary alicyclic amines) is 2. The molecule has 0 radical (unpaired) electrons. The fourth-order valence-electron chi connectivity index (χ4n) is 14.2. The van der Waals surface area contributed by atoms with E-state index in [4.69, 9.17) is 29.3 Å². The Morgan fingerprint density at radius 1 is 0.900 bits per heavy atom. The van der Waals surface area contributed by atoms with E-state index in [0.29, 0.717) is 71.1 Å². The standard InChI is InChI=1S/C66H74FN13O9S/c1-35(2)59(64(84)78-30-45(82)24-54(78)63(83)71-52(32-81)41-14-16-42(17-15-41)61-37(4)69-34-90-61)79-31-51(74-75-79)40-10-8-38(9-11-40)33-88-60-57(56-36(3)50(67)26-53-49(56)27-70-80(53)55-7-5-6-22-87-55)47(39-12-13-39)25-48-58(60)72-65(89-46-18-20-68-21-19-46)73-62(48)76-28-44-23-43(76)29-77(44)66(85)86/h8-11,14-17,25-27,31,34-35,39,43-46,52,54-55,59,68,81-82H,5-7,12-13,18-24,28-30,32-33H2,1-4H3,(H,71,83)(H,85,86)/t43-,44-,45+,52-,54-,55?,59-/m0/s1. The second-order valence-corrected chi connectivity index (χ2v) is 26.2. The highest BCUT2D eigenvalue weighted by Crippen LogP contribution is 2.54. The Morgan fingerprint density at radius 2 is 1.69 bits per heavy atom. The summed E-state index contributed by atoms with van der Waals surface area (Å²) in [6.07, 6.45) is 7.87. The molecule has 8 aromatic rings. The van der Waals surface area contributed by atoms with Crippen LogP contribution in [0.3, 0.4) is 0 Å². The van der Waals surface area contributed by atoms with E-state index in [2.05, 4.69) is 36.9 Å². The Kier molecular flexibility index (Phi) is 16.2. The molecular weight excluding hydrogens is 1170 g/mol. The number of carboxylic acid groups (broad SMARTS) is 1. The predicted molar refractivity (Wildman–Crippen MR) is 335 cm³/mol. The number of fused-ring (bicyclic) bond motifs is 4. The lowest BCUT2D eigenvalue weighted by Crippen LogP contribution is -2.50. The highest BCUT2D eigenvalue weighted by molar-refractivity contribution is 7.13. The molecule has 5 saturated heterocycles. The van der Waals surface area contributed by atoms with Crippen LogP contribution in [0.25, 0.3) is 54.6 Å². The molecule has 22 nitrogen and oxygen atoms in total. The third-order valence-electron chi connectivity index (χ3n) is 19.0. The van der Waals surface area contributed by atoms with Gasteiger partial charge in [-0.3, -0.25) is 9.59 Å². The zero-order chi connectivity index (χ0) is 62.1. The maximum atomic E-state index is 16.9. The normalized spacial score (nSPS) is 21.9. The Hall–Kier alpha value is -8.16. The first-order valence-corrected chi connectivity index (χ1v) is 32.4. The third kappa shape index (κ3) is 11.3. The Bertz CT molecular complexity index is 4010. The molecule has 6 fully saturated rings. The average molecular weight is 1240 g/mol. The monoisotopic (exact) mass is 1240 g/mol. The molecule has 5 aliphatic heterocycles. The number of rotatable bonds is 18. The minimum atomic E-state index is -1.000. The van der Waals surface area contributed by atoms with Gasteiger partial charge < -0.3 is 54.9 Å². The molecule has 2 bridgehead atoms. The van der Waals surface area contributed by atoms with Crippen LogP contribution in [-0.4, -0.2) is 159 Å². The Labute approximate surface area is 523 Å². The molecule has 6 aliphatic rings. The fraction of sp³-hybridized carbons (Fsp3) is 0.470. The van der Waals surface area contributed by atoms with Crippen molar-refractivity contribution < 1.29 is 48.3 Å². The van der Waals surface area contributed by atoms with Crippen molar-refractivity contribution in [3.05, 3.63) is 112 Å². The van der Waals surface area contributed by atoms with Crippen molar-refractivity contribution in [2.24, 2.45) is 5.92 Å². The third-order valence-corrected chi connectivity index (χ3v) is 20.0. The van der Waals surface area contributed by atoms with Crippen LogP contribution < -0.4 is 25.0 Å². The van der Waals surface area contributed by atoms with E-state index in [1.807, 2.05) is 80.2 Å². The first-order chi connectivity index (χ1) is 43.7. The summed E-state index contributed by atoms with van der Waals surface area (Å²) in [6.45, 7) is 10.1. The molecule has 7 atom stereocenters. The zero-order valence-corrected chi connectivity index (χ0v) is 51.6. The van der Waals surface area contributed by atoms with Gasteiger partial charge in [-0.1, -0.05) is 67.6 Å². The average Bonchev–Trinajstić information content (AvgIpc) is 1.36. The van der Waals surface area contributed by atoms with Crippen molar-refractivity contribution in [2.75, 3.05) is 50.8 Å². The van der Waals surface area contributed by atoms with Gasteiger partial charge in [0.05, 0.1) is 64.8 Å². The molecule has 90 heavy (non-hydrogen) atoms. The van der Waals surface area contributed by atoms with Gasteiger partial charge in [-0.25, -0.2) is 23.5 Å². The maximum Gasteiger partial charge on any atom is 0.407 e. The van der Waals surface area contributed by atoms with Crippen LogP contribution in [-0.2, 0) is 20.9 Å². The van der Waals surface area contributed by atoms with Gasteiger partial charge in [0.25, 0.3) is 0 Å². The van der Waals surface area contributed by atoms with Gasteiger partial charge in [0.1, 0.15) is 47.6 Å². The van der Waals surface area contributed by atoms with Crippen molar-refractivity contribution in [1.82, 2.24) is 60.2 Å². The van der Waals surface area contributed by atoms with E-state index in [0.717, 1.165) is 107 Å². The summed E-state index contributed by atoms with van der Waals surface area (Å²) >= 11 is 1.54. The molecule has 5 N–H and O–H groups in total. The van der Waals surface area contributed by atoms with Crippen LogP contribution in [0.4, 0.5) is 15.0 Å². The molecule has 4 aromatic heterocycles. The van der Waals surface area contributed by atoms with Gasteiger partial charge in [-0.2, -0.15) is 15.1 Å². The Morgan fingerprint density at radius 3 is 2.38 bits per heavy atom. The van der Waals surface area contributed by atoms with Crippen LogP contribution in [0.5, 0.6) is 11.8 Å². The van der Waals surface area contributed by atoms with Crippen molar-refractivity contribution in [1.29, 1.82) is 0 Å². The zero-order valence-electron chi connectivity index (χ0n) is 50.8. The number of benzene rings is 4. The predicted octanol–water partition coefficient (Wildman–Crippen LogP) is 9.02. The van der Waals surface area contributed by atoms with E-state index in [9.17, 15) is 29.7 Å². The molecule has 1 aliphatic carbocycles. The molecule has 14 rings (SSSR count). The first-order valence-electron chi connectivity index (χ1n) is 31.5. The van der Waals surface area contributed by atoms with E-state index in [1.165, 1.54) is 25.8 Å². The number of aromatic nitrogens is 8. The van der Waals surface area contributed by atoms with Crippen LogP contribution in [0.15, 0.2) is 78.6 Å². The van der Waals surface area contributed by atoms with Gasteiger partial charge in [0.15, 0.2) is 12.0 Å². The SMILES string of the molecule is Cc1ncsc1-c1ccc([C@H](CO)NC(=O)[C@@H]2C[C@@H](O)CN2C(=O)[C@H](C(C)C)n2cc(-c3ccc(COc4c(-c5c(C)c(F)cc6c5cnn6C5CCCCO5)c(C5CC5)cc5c(N6C[C@@H]7C[C@H]6CN7C(=O)O)nc(OC6CCNCC6)nc45)cc3)nn2)cc1. The molecule has 1 unspecified atom stereocenters. The van der Waals surface area contributed by atoms with Crippen molar-refractivity contribution >= 4 is 56.9 Å². The summed E-state index contributed by atoms with van der Waals surface area (Å²) in [5.74, 6) is -0.341. The number of anilines is 1. The number of piperazine rings is 1. The molecule has 4 aromatic carbocycles. The van der Waals surface area contributed by atoms with Gasteiger partial charge in [0, 0.05) is 66.2 Å². The number of piperidine rings is 1. The summed E-state index contributed by atoms with van der Waals surface area (Å²) in [5, 5.41) is 53.4. The second kappa shape index (κ2) is 24.6. The number of carbonyl (C=O) groups excluding carboxylic acids is 2. The first kappa shape index (κ1) is 59.5. The maximum absolute atomic E-state index is 16.9. The van der Waals surface area contributed by atoms with Gasteiger partial charge in [-0.05, 0) is 124 Å². The largest absolute Gasteiger partial charge is 0.486 e. The molecule has 24 heteroatoms. The molecule has 0 spiro atoms. The van der Waals surface area contributed by atoms with E-state index >= 15 is 4.39 Å². The summed E-state index contributed by atoms with van der Waals surface area (Å²) in [7, 11) is 0. The molecule has 9 heterocycles. The van der Waals surface area contributed by atoms with E-state index in [1.54, 1.807) is 24.7 Å². The van der Waals surface area contributed by atoms with E-state index in [-0.39, 0.29) is 74.3 Å². The summed E-state index contributed by atoms with van der Waals surface area (Å²) in [4.78, 5) is 62.2. The summed E-state index contributed by atoms with van der Waals surface area (Å²) in [5.41, 5.74) is 10.3. The number of aliphatic hydroxyl groups is 2. The number of hydrogen-bond acceptors (Lipinski definition) is 17. The molecular formula is C66H74FN13O9S. The highest BCUT2D eigenvalue weighted by atomic mass is 32.1. The van der Waals surface area contributed by atoms with Crippen LogP contribution in [0.1, 0.15) is 124 Å². The smallest absolute Gasteiger partial charge is 0.407 e. The van der Waals surface area contributed by atoms with Gasteiger partial charge >= 0.3 is 12.1 Å². The highest BCUT2D eigenvalue weighted by Gasteiger charge is 2.48. The van der Waals surface area contributed by atoms with E-state index < -0.39 is 42.1 Å². The Balaban J connectivity index is 0.778. The van der Waals surface area contributed by atoms with Crippen LogP contribution in [0, 0.1) is 25.6 Å². The number of aryl methyl sites for hydroxylation is 1. The molecule has 3 amide bonds. The number of hydrogen-bond donors (Lipinski definition) is 5. The number of nitrogens with one attached hydrogen (secondary N) is 2. The topological polar surface area (TPSA) is 261 Å². The number of amides is 3. The molecule has 1 saturated carbocycles. The lowest BCUT2D eigenvalue weighted by molar-refractivity contribution is -0.142. The van der Waals surface area contributed by atoms with Crippen molar-refractivity contribution in [3.8, 4) is 44.6 Å². The number of carbonyl (C=O) groups is 3. The lowest BCUT2D eigenvalue weighted by atomic mass is 9.88. The van der Waals surface area contributed by atoms with Crippen LogP contribution in [0.2, 0.25) is 0 Å². The number of nitrogens with zero attached hydrogens (tertiary/aromatic N) is 11. The summed E-state index contributed by atoms with van der Waals surface area (Å²) in [6, 6.07) is 16.2. The number of halogens is 1. The van der Waals surface area contributed by atoms with Gasteiger partial charge in [-0.15, -0.1) is 16.4 Å². The second-order valence-electron chi connectivity index (χ2n) is 25.4. The van der Waals surface area contributed by atoms with Crippen molar-refractivity contribution in [3.63, 3.8) is 0 Å². The number of ether oxygens (including phenoxy) is 3. The fourth-order valence-corrected chi connectivity index (χ4v) is 15.0. The quantitative estimate of drug-likeness (QED) is 0.0537. The minimum absolute atomic E-state index is 0.0275. The van der Waals surface area contributed by atoms with Crippen LogP contribution >= 0.6 is 11.3 Å². The minimum Gasteiger partial charge on any atom is -0.486 e. The van der Waals surface area contributed by atoms with Crippen molar-refractivity contribution in [2.45, 2.75) is 147 Å². The van der Waals surface area contributed by atoms with Gasteiger partial charge in [0.2, 0.25) is 11.8 Å².